The molecule has 186 valence electrons. The van der Waals surface area contributed by atoms with Crippen LogP contribution in [0.15, 0.2) is 72.8 Å². The average Bonchev–Trinajstić information content (AvgIpc) is 2.85. The van der Waals surface area contributed by atoms with Crippen LogP contribution in [0.1, 0.15) is 28.7 Å². The molecule has 0 atom stereocenters. The van der Waals surface area contributed by atoms with Crippen LogP contribution in [0.5, 0.6) is 11.5 Å². The topological polar surface area (TPSA) is 42.5 Å². The Hall–Kier alpha value is -2.24. The van der Waals surface area contributed by atoms with Gasteiger partial charge >= 0.3 is 0 Å². The first-order valence-corrected chi connectivity index (χ1v) is 11.5. The molecule has 0 heterocycles. The predicted molar refractivity (Wildman–Crippen MR) is 147 cm³/mol. The lowest BCUT2D eigenvalue weighted by Crippen LogP contribution is -2.20. The van der Waals surface area contributed by atoms with Crippen molar-refractivity contribution in [1.29, 1.82) is 0 Å². The van der Waals surface area contributed by atoms with Gasteiger partial charge in [0.1, 0.15) is 0 Å². The Morgan fingerprint density at radius 1 is 0.588 bits per heavy atom. The van der Waals surface area contributed by atoms with Gasteiger partial charge in [0.25, 0.3) is 0 Å². The molecule has 3 aromatic rings. The van der Waals surface area contributed by atoms with E-state index in [0.717, 1.165) is 63.4 Å². The van der Waals surface area contributed by atoms with Gasteiger partial charge < -0.3 is 20.1 Å². The number of halogens is 2. The van der Waals surface area contributed by atoms with Crippen LogP contribution in [0.2, 0.25) is 0 Å². The second-order valence-electron chi connectivity index (χ2n) is 7.97. The number of rotatable bonds is 14. The van der Waals surface area contributed by atoms with Crippen molar-refractivity contribution in [1.82, 2.24) is 10.6 Å². The zero-order valence-electron chi connectivity index (χ0n) is 20.2. The van der Waals surface area contributed by atoms with E-state index in [2.05, 4.69) is 77.4 Å². The van der Waals surface area contributed by atoms with E-state index in [1.165, 1.54) is 22.3 Å². The van der Waals surface area contributed by atoms with Crippen molar-refractivity contribution < 1.29 is 9.47 Å². The van der Waals surface area contributed by atoms with Crippen LogP contribution < -0.4 is 20.1 Å². The maximum absolute atomic E-state index is 5.39. The normalized spacial score (nSPS) is 10.2. The van der Waals surface area contributed by atoms with Crippen molar-refractivity contribution in [2.75, 3.05) is 33.9 Å². The summed E-state index contributed by atoms with van der Waals surface area (Å²) < 4.78 is 10.7. The maximum atomic E-state index is 5.39. The Balaban J connectivity index is 0.00000289. The highest BCUT2D eigenvalue weighted by molar-refractivity contribution is 5.85. The molecule has 0 saturated heterocycles. The van der Waals surface area contributed by atoms with Gasteiger partial charge in [0.05, 0.1) is 14.2 Å². The third-order valence-electron chi connectivity index (χ3n) is 5.71. The highest BCUT2D eigenvalue weighted by Gasteiger charge is 2.05. The number of hydrogen-bond donors (Lipinski definition) is 2. The monoisotopic (exact) mass is 504 g/mol. The molecule has 2 N–H and O–H groups in total. The fraction of sp³-hybridized carbons (Fsp3) is 0.357. The zero-order chi connectivity index (χ0) is 22.4. The zero-order valence-corrected chi connectivity index (χ0v) is 21.9. The van der Waals surface area contributed by atoms with Crippen molar-refractivity contribution in [2.45, 2.75) is 32.2 Å². The second-order valence-corrected chi connectivity index (χ2v) is 7.97. The number of aryl methyl sites for hydroxylation is 1. The smallest absolute Gasteiger partial charge is 0.160 e. The van der Waals surface area contributed by atoms with Crippen LogP contribution in [-0.4, -0.2) is 33.9 Å². The molecule has 0 saturated carbocycles. The van der Waals surface area contributed by atoms with Crippen molar-refractivity contribution >= 4 is 24.8 Å². The lowest BCUT2D eigenvalue weighted by molar-refractivity contribution is 0.354. The van der Waals surface area contributed by atoms with Gasteiger partial charge in [-0.1, -0.05) is 60.7 Å². The Kier molecular flexibility index (Phi) is 15.1. The van der Waals surface area contributed by atoms with Crippen LogP contribution in [0, 0.1) is 0 Å². The first kappa shape index (κ1) is 29.8. The molecule has 0 spiro atoms. The molecule has 0 aliphatic rings. The minimum atomic E-state index is 0. The van der Waals surface area contributed by atoms with Gasteiger partial charge in [0.2, 0.25) is 0 Å². The van der Waals surface area contributed by atoms with Gasteiger partial charge in [-0.2, -0.15) is 0 Å². The number of benzene rings is 3. The minimum absolute atomic E-state index is 0. The number of hydrogen-bond acceptors (Lipinski definition) is 4. The summed E-state index contributed by atoms with van der Waals surface area (Å²) in [5.41, 5.74) is 5.49. The van der Waals surface area contributed by atoms with Gasteiger partial charge in [0.15, 0.2) is 11.5 Å². The summed E-state index contributed by atoms with van der Waals surface area (Å²) in [6.07, 6.45) is 4.27. The molecular weight excluding hydrogens is 467 g/mol. The Morgan fingerprint density at radius 3 is 1.97 bits per heavy atom. The fourth-order valence-electron chi connectivity index (χ4n) is 3.87. The van der Waals surface area contributed by atoms with E-state index in [4.69, 9.17) is 9.47 Å². The highest BCUT2D eigenvalue weighted by Crippen LogP contribution is 2.27. The van der Waals surface area contributed by atoms with Crippen LogP contribution in [0.25, 0.3) is 0 Å². The van der Waals surface area contributed by atoms with E-state index < -0.39 is 0 Å². The van der Waals surface area contributed by atoms with Crippen LogP contribution in [-0.2, 0) is 25.8 Å². The molecule has 0 aliphatic heterocycles. The molecule has 0 unspecified atom stereocenters. The van der Waals surface area contributed by atoms with Crippen LogP contribution >= 0.6 is 24.8 Å². The van der Waals surface area contributed by atoms with Gasteiger partial charge in [-0.15, -0.1) is 24.8 Å². The van der Waals surface area contributed by atoms with Gasteiger partial charge in [-0.3, -0.25) is 0 Å². The van der Waals surface area contributed by atoms with E-state index in [1.54, 1.807) is 14.2 Å². The van der Waals surface area contributed by atoms with Gasteiger partial charge in [0, 0.05) is 6.54 Å². The lowest BCUT2D eigenvalue weighted by Gasteiger charge is -2.12. The van der Waals surface area contributed by atoms with Crippen molar-refractivity contribution in [3.8, 4) is 11.5 Å². The number of nitrogens with one attached hydrogen (secondary N) is 2. The lowest BCUT2D eigenvalue weighted by atomic mass is 10.0. The summed E-state index contributed by atoms with van der Waals surface area (Å²) >= 11 is 0. The molecule has 3 rings (SSSR count). The maximum Gasteiger partial charge on any atom is 0.160 e. The van der Waals surface area contributed by atoms with Crippen LogP contribution in [0.3, 0.4) is 0 Å². The minimum Gasteiger partial charge on any atom is -0.493 e. The third kappa shape index (κ3) is 9.94. The standard InChI is InChI=1S/C28H36N2O2.2ClH/c1-31-27-15-14-24(21-28(27)32-2)17-19-29-18-8-13-25-11-6-7-12-26(25)22-30-20-16-23-9-4-3-5-10-23;;/h3-7,9-12,14-15,21,29-30H,8,13,16-20,22H2,1-2H3;2*1H. The third-order valence-corrected chi connectivity index (χ3v) is 5.71. The Bertz CT molecular complexity index is 939. The summed E-state index contributed by atoms with van der Waals surface area (Å²) in [6.45, 7) is 3.90. The summed E-state index contributed by atoms with van der Waals surface area (Å²) in [7, 11) is 3.34. The predicted octanol–water partition coefficient (Wildman–Crippen LogP) is 5.64. The number of methoxy groups -OCH3 is 2. The van der Waals surface area contributed by atoms with E-state index in [1.807, 2.05) is 6.07 Å². The molecule has 6 heteroatoms. The van der Waals surface area contributed by atoms with Gasteiger partial charge in [-0.05, 0) is 79.7 Å². The molecular formula is C28H38Cl2N2O2. The Morgan fingerprint density at radius 2 is 1.24 bits per heavy atom. The molecule has 4 nitrogen and oxygen atoms in total. The molecule has 3 aromatic carbocycles. The van der Waals surface area contributed by atoms with Crippen molar-refractivity contribution in [3.63, 3.8) is 0 Å². The fourth-order valence-corrected chi connectivity index (χ4v) is 3.87. The molecule has 0 bridgehead atoms. The largest absolute Gasteiger partial charge is 0.493 e. The quantitative estimate of drug-likeness (QED) is 0.278. The number of ether oxygens (including phenoxy) is 2. The first-order valence-electron chi connectivity index (χ1n) is 11.5. The van der Waals surface area contributed by atoms with E-state index >= 15 is 0 Å². The summed E-state index contributed by atoms with van der Waals surface area (Å²) in [5.74, 6) is 1.57. The molecule has 0 amide bonds. The molecule has 34 heavy (non-hydrogen) atoms. The van der Waals surface area contributed by atoms with Gasteiger partial charge in [-0.25, -0.2) is 0 Å². The van der Waals surface area contributed by atoms with Crippen molar-refractivity contribution in [2.24, 2.45) is 0 Å². The highest BCUT2D eigenvalue weighted by atomic mass is 35.5. The van der Waals surface area contributed by atoms with Crippen LogP contribution in [0.4, 0.5) is 0 Å². The SMILES string of the molecule is COc1ccc(CCNCCCc2ccccc2CNCCc2ccccc2)cc1OC.Cl.Cl. The molecule has 0 aliphatic carbocycles. The Labute approximate surface area is 217 Å². The molecule has 0 fully saturated rings. The summed E-state index contributed by atoms with van der Waals surface area (Å²) in [5, 5.41) is 7.17. The van der Waals surface area contributed by atoms with E-state index in [0.29, 0.717) is 0 Å². The van der Waals surface area contributed by atoms with E-state index in [9.17, 15) is 0 Å². The molecule has 0 aromatic heterocycles. The first-order chi connectivity index (χ1) is 15.8. The summed E-state index contributed by atoms with van der Waals surface area (Å²) in [6, 6.07) is 25.6. The average molecular weight is 506 g/mol. The second kappa shape index (κ2) is 17.2. The van der Waals surface area contributed by atoms with E-state index in [-0.39, 0.29) is 24.8 Å². The summed E-state index contributed by atoms with van der Waals surface area (Å²) in [4.78, 5) is 0. The van der Waals surface area contributed by atoms with Crippen molar-refractivity contribution in [3.05, 3.63) is 95.1 Å². The molecule has 0 radical (unpaired) electrons.